The first-order valence-corrected chi connectivity index (χ1v) is 6.12. The molecule has 2 aromatic rings. The van der Waals surface area contributed by atoms with Gasteiger partial charge >= 0.3 is 0 Å². The van der Waals surface area contributed by atoms with Crippen LogP contribution in [0.25, 0.3) is 11.3 Å². The van der Waals surface area contributed by atoms with Crippen molar-refractivity contribution in [3.05, 3.63) is 35.9 Å². The zero-order chi connectivity index (χ0) is 13.0. The van der Waals surface area contributed by atoms with E-state index in [1.54, 1.807) is 0 Å². The number of hydrogen-bond donors (Lipinski definition) is 2. The van der Waals surface area contributed by atoms with E-state index in [4.69, 9.17) is 5.73 Å². The van der Waals surface area contributed by atoms with Crippen LogP contribution < -0.4 is 5.73 Å². The first kappa shape index (κ1) is 12.4. The summed E-state index contributed by atoms with van der Waals surface area (Å²) in [4.78, 5) is 7.74. The van der Waals surface area contributed by atoms with Crippen molar-refractivity contribution < 1.29 is 5.11 Å². The van der Waals surface area contributed by atoms with E-state index in [1.165, 1.54) is 24.5 Å². The molecule has 2 rings (SSSR count). The van der Waals surface area contributed by atoms with Gasteiger partial charge in [0.25, 0.3) is 0 Å². The van der Waals surface area contributed by atoms with Gasteiger partial charge in [-0.1, -0.05) is 37.6 Å². The summed E-state index contributed by atoms with van der Waals surface area (Å²) in [6.07, 6.45) is 3.48. The molecule has 3 N–H and O–H groups in total. The second-order valence-electron chi connectivity index (χ2n) is 4.27. The average Bonchev–Trinajstić information content (AvgIpc) is 2.36. The lowest BCUT2D eigenvalue weighted by Gasteiger charge is -2.04. The highest BCUT2D eigenvalue weighted by Crippen LogP contribution is 2.21. The highest BCUT2D eigenvalue weighted by atomic mass is 16.3. The van der Waals surface area contributed by atoms with Crippen molar-refractivity contribution >= 4 is 5.95 Å². The van der Waals surface area contributed by atoms with Crippen LogP contribution in [0.1, 0.15) is 25.3 Å². The highest BCUT2D eigenvalue weighted by molar-refractivity contribution is 5.61. The van der Waals surface area contributed by atoms with E-state index in [0.29, 0.717) is 5.69 Å². The molecule has 0 saturated heterocycles. The first-order valence-electron chi connectivity index (χ1n) is 6.12. The van der Waals surface area contributed by atoms with E-state index >= 15 is 0 Å². The van der Waals surface area contributed by atoms with E-state index < -0.39 is 0 Å². The van der Waals surface area contributed by atoms with Crippen molar-refractivity contribution in [1.29, 1.82) is 0 Å². The number of aromatic nitrogens is 2. The molecule has 0 unspecified atom stereocenters. The second-order valence-corrected chi connectivity index (χ2v) is 4.27. The maximum atomic E-state index is 9.39. The molecule has 0 bridgehead atoms. The van der Waals surface area contributed by atoms with Crippen molar-refractivity contribution in [3.63, 3.8) is 0 Å². The minimum Gasteiger partial charge on any atom is -0.493 e. The predicted octanol–water partition coefficient (Wildman–Crippen LogP) is 2.77. The van der Waals surface area contributed by atoms with Crippen LogP contribution >= 0.6 is 0 Å². The number of rotatable bonds is 4. The van der Waals surface area contributed by atoms with Gasteiger partial charge in [0.15, 0.2) is 0 Å². The topological polar surface area (TPSA) is 72.0 Å². The number of benzene rings is 1. The third-order valence-electron chi connectivity index (χ3n) is 2.80. The maximum absolute atomic E-state index is 9.39. The van der Waals surface area contributed by atoms with Crippen LogP contribution in [-0.2, 0) is 6.42 Å². The molecule has 0 radical (unpaired) electrons. The molecule has 0 amide bonds. The Kier molecular flexibility index (Phi) is 3.77. The number of hydrogen-bond acceptors (Lipinski definition) is 4. The lowest BCUT2D eigenvalue weighted by Crippen LogP contribution is -1.96. The molecule has 0 fully saturated rings. The molecule has 18 heavy (non-hydrogen) atoms. The van der Waals surface area contributed by atoms with Gasteiger partial charge < -0.3 is 10.8 Å². The van der Waals surface area contributed by atoms with Gasteiger partial charge in [-0.25, -0.2) is 4.98 Å². The third kappa shape index (κ3) is 2.97. The Bertz CT molecular complexity index is 503. The van der Waals surface area contributed by atoms with Gasteiger partial charge in [-0.2, -0.15) is 4.98 Å². The molecule has 0 aliphatic carbocycles. The van der Waals surface area contributed by atoms with Crippen molar-refractivity contribution in [1.82, 2.24) is 9.97 Å². The summed E-state index contributed by atoms with van der Waals surface area (Å²) in [6, 6.07) is 9.66. The molecule has 1 aromatic carbocycles. The molecule has 0 spiro atoms. The van der Waals surface area contributed by atoms with Crippen LogP contribution in [0, 0.1) is 0 Å². The van der Waals surface area contributed by atoms with Gasteiger partial charge in [0.2, 0.25) is 11.8 Å². The van der Waals surface area contributed by atoms with Crippen molar-refractivity contribution in [2.75, 3.05) is 5.73 Å². The smallest absolute Gasteiger partial charge is 0.223 e. The Balaban J connectivity index is 2.23. The monoisotopic (exact) mass is 243 g/mol. The standard InChI is InChI=1S/C14H17N3O/c1-2-3-4-10-5-7-11(8-6-10)12-9-13(18)17-14(15)16-12/h5-9H,2-4H2,1H3,(H3,15,16,17,18). The molecule has 0 aliphatic heterocycles. The molecular formula is C14H17N3O. The van der Waals surface area contributed by atoms with E-state index in [1.807, 2.05) is 12.1 Å². The van der Waals surface area contributed by atoms with Crippen molar-refractivity contribution in [2.45, 2.75) is 26.2 Å². The molecule has 1 aromatic heterocycles. The molecule has 0 saturated carbocycles. The molecule has 0 aliphatic rings. The largest absolute Gasteiger partial charge is 0.493 e. The fraction of sp³-hybridized carbons (Fsp3) is 0.286. The molecule has 0 atom stereocenters. The summed E-state index contributed by atoms with van der Waals surface area (Å²) in [5, 5.41) is 9.39. The highest BCUT2D eigenvalue weighted by Gasteiger charge is 2.04. The summed E-state index contributed by atoms with van der Waals surface area (Å²) in [5.41, 5.74) is 8.39. The fourth-order valence-electron chi connectivity index (χ4n) is 1.82. The minimum atomic E-state index is -0.104. The van der Waals surface area contributed by atoms with Crippen LogP contribution in [0.15, 0.2) is 30.3 Å². The zero-order valence-corrected chi connectivity index (χ0v) is 10.4. The minimum absolute atomic E-state index is 0.0834. The van der Waals surface area contributed by atoms with Crippen LogP contribution in [0.3, 0.4) is 0 Å². The van der Waals surface area contributed by atoms with Crippen LogP contribution in [0.4, 0.5) is 5.95 Å². The Hall–Kier alpha value is -2.10. The van der Waals surface area contributed by atoms with E-state index in [0.717, 1.165) is 12.0 Å². The predicted molar refractivity (Wildman–Crippen MR) is 72.2 cm³/mol. The number of nitrogens with two attached hydrogens (primary N) is 1. The number of anilines is 1. The average molecular weight is 243 g/mol. The summed E-state index contributed by atoms with van der Waals surface area (Å²) in [5.74, 6) is -0.0207. The molecular weight excluding hydrogens is 226 g/mol. The maximum Gasteiger partial charge on any atom is 0.223 e. The van der Waals surface area contributed by atoms with Gasteiger partial charge in [0.1, 0.15) is 0 Å². The number of nitrogen functional groups attached to an aromatic ring is 1. The Morgan fingerprint density at radius 1 is 1.17 bits per heavy atom. The van der Waals surface area contributed by atoms with E-state index in [9.17, 15) is 5.11 Å². The van der Waals surface area contributed by atoms with E-state index in [2.05, 4.69) is 29.0 Å². The normalized spacial score (nSPS) is 10.5. The van der Waals surface area contributed by atoms with Gasteiger partial charge in [-0.3, -0.25) is 0 Å². The molecule has 94 valence electrons. The zero-order valence-electron chi connectivity index (χ0n) is 10.4. The van der Waals surface area contributed by atoms with Gasteiger partial charge in [0, 0.05) is 11.6 Å². The van der Waals surface area contributed by atoms with Crippen molar-refractivity contribution in [2.24, 2.45) is 0 Å². The second kappa shape index (κ2) is 5.49. The van der Waals surface area contributed by atoms with Gasteiger partial charge in [-0.15, -0.1) is 0 Å². The third-order valence-corrected chi connectivity index (χ3v) is 2.80. The number of nitrogens with zero attached hydrogens (tertiary/aromatic N) is 2. The molecule has 4 heteroatoms. The number of aromatic hydroxyl groups is 1. The molecule has 1 heterocycles. The summed E-state index contributed by atoms with van der Waals surface area (Å²) >= 11 is 0. The Labute approximate surface area is 107 Å². The number of aryl methyl sites for hydroxylation is 1. The Morgan fingerprint density at radius 2 is 1.89 bits per heavy atom. The number of unbranched alkanes of at least 4 members (excludes halogenated alkanes) is 1. The van der Waals surface area contributed by atoms with Crippen LogP contribution in [0.2, 0.25) is 0 Å². The van der Waals surface area contributed by atoms with Gasteiger partial charge in [0.05, 0.1) is 5.69 Å². The fourth-order valence-corrected chi connectivity index (χ4v) is 1.82. The quantitative estimate of drug-likeness (QED) is 0.866. The van der Waals surface area contributed by atoms with Crippen LogP contribution in [0.5, 0.6) is 5.88 Å². The van der Waals surface area contributed by atoms with Crippen LogP contribution in [-0.4, -0.2) is 15.1 Å². The van der Waals surface area contributed by atoms with Crippen molar-refractivity contribution in [3.8, 4) is 17.1 Å². The lowest BCUT2D eigenvalue weighted by atomic mass is 10.0. The summed E-state index contributed by atoms with van der Waals surface area (Å²) in [6.45, 7) is 2.18. The molecule has 4 nitrogen and oxygen atoms in total. The van der Waals surface area contributed by atoms with Gasteiger partial charge in [-0.05, 0) is 18.4 Å². The first-order chi connectivity index (χ1) is 8.69. The summed E-state index contributed by atoms with van der Waals surface area (Å²) < 4.78 is 0. The van der Waals surface area contributed by atoms with E-state index in [-0.39, 0.29) is 11.8 Å². The lowest BCUT2D eigenvalue weighted by molar-refractivity contribution is 0.453. The SMILES string of the molecule is CCCCc1ccc(-c2cc(O)nc(N)n2)cc1. The summed E-state index contributed by atoms with van der Waals surface area (Å²) in [7, 11) is 0. The Morgan fingerprint density at radius 3 is 2.50 bits per heavy atom.